The molecule has 2 N–H and O–H groups in total. The van der Waals surface area contributed by atoms with Gasteiger partial charge in [0.15, 0.2) is 0 Å². The molecule has 1 heterocycles. The highest BCUT2D eigenvalue weighted by Gasteiger charge is 2.13. The predicted molar refractivity (Wildman–Crippen MR) is 88.8 cm³/mol. The molecule has 0 aliphatic carbocycles. The molecule has 0 spiro atoms. The topological polar surface area (TPSA) is 54.4 Å². The molecule has 0 fully saturated rings. The van der Waals surface area contributed by atoms with Crippen molar-refractivity contribution in [2.45, 2.75) is 25.5 Å². The van der Waals surface area contributed by atoms with Crippen LogP contribution in [0.3, 0.4) is 0 Å². The van der Waals surface area contributed by atoms with Crippen LogP contribution < -0.4 is 10.1 Å². The average Bonchev–Trinajstić information content (AvgIpc) is 3.01. The highest BCUT2D eigenvalue weighted by atomic mass is 79.9. The maximum atomic E-state index is 9.99. The van der Waals surface area contributed by atoms with Crippen LogP contribution in [0.25, 0.3) is 0 Å². The number of aromatic nitrogens is 1. The van der Waals surface area contributed by atoms with Gasteiger partial charge in [0, 0.05) is 22.6 Å². The predicted octanol–water partition coefficient (Wildman–Crippen LogP) is 3.39. The van der Waals surface area contributed by atoms with Gasteiger partial charge in [-0.2, -0.15) is 0 Å². The molecular weight excluding hydrogens is 352 g/mol. The maximum absolute atomic E-state index is 9.99. The molecule has 0 amide bonds. The number of aliphatic hydroxyl groups is 1. The Morgan fingerprint density at radius 1 is 1.38 bits per heavy atom. The smallest absolute Gasteiger partial charge is 0.119 e. The van der Waals surface area contributed by atoms with Gasteiger partial charge >= 0.3 is 0 Å². The number of rotatable bonds is 8. The Kier molecular flexibility index (Phi) is 6.63. The molecule has 0 radical (unpaired) electrons. The number of nitrogens with one attached hydrogen (secondary N) is 1. The van der Waals surface area contributed by atoms with E-state index < -0.39 is 6.10 Å². The summed E-state index contributed by atoms with van der Waals surface area (Å²) in [6.45, 7) is 2.85. The van der Waals surface area contributed by atoms with Crippen LogP contribution in [0.4, 0.5) is 0 Å². The van der Waals surface area contributed by atoms with Crippen LogP contribution in [-0.2, 0) is 0 Å². The van der Waals surface area contributed by atoms with Crippen LogP contribution in [0.1, 0.15) is 24.4 Å². The summed E-state index contributed by atoms with van der Waals surface area (Å²) in [5.41, 5.74) is 0. The second kappa shape index (κ2) is 8.48. The summed E-state index contributed by atoms with van der Waals surface area (Å²) >= 11 is 5.00. The minimum Gasteiger partial charge on any atom is -0.491 e. The van der Waals surface area contributed by atoms with E-state index in [9.17, 15) is 5.11 Å². The van der Waals surface area contributed by atoms with Crippen molar-refractivity contribution in [2.24, 2.45) is 0 Å². The number of nitrogens with zero attached hydrogens (tertiary/aromatic N) is 1. The molecule has 0 bridgehead atoms. The fraction of sp³-hybridized carbons (Fsp3) is 0.400. The van der Waals surface area contributed by atoms with Crippen LogP contribution in [0.15, 0.2) is 40.3 Å². The fourth-order valence-corrected chi connectivity index (χ4v) is 2.93. The first-order valence-corrected chi connectivity index (χ1v) is 8.55. The Bertz CT molecular complexity index is 519. The molecule has 2 aromatic rings. The minimum absolute atomic E-state index is 0.187. The van der Waals surface area contributed by atoms with Crippen molar-refractivity contribution in [2.75, 3.05) is 13.2 Å². The molecule has 114 valence electrons. The van der Waals surface area contributed by atoms with E-state index in [1.807, 2.05) is 29.6 Å². The van der Waals surface area contributed by atoms with E-state index in [0.717, 1.165) is 21.7 Å². The minimum atomic E-state index is -0.553. The van der Waals surface area contributed by atoms with E-state index in [2.05, 4.69) is 33.2 Å². The van der Waals surface area contributed by atoms with Gasteiger partial charge in [0.2, 0.25) is 0 Å². The van der Waals surface area contributed by atoms with Crippen LogP contribution >= 0.6 is 27.3 Å². The lowest BCUT2D eigenvalue weighted by atomic mass is 10.2. The molecule has 4 nitrogen and oxygen atoms in total. The van der Waals surface area contributed by atoms with Crippen LogP contribution in [0, 0.1) is 0 Å². The SMILES string of the molecule is CCC(NCC(O)COc1ccc(Br)cc1)c1nccs1. The molecule has 0 aliphatic heterocycles. The van der Waals surface area contributed by atoms with Gasteiger partial charge < -0.3 is 15.2 Å². The summed E-state index contributed by atoms with van der Waals surface area (Å²) in [5, 5.41) is 16.3. The molecule has 21 heavy (non-hydrogen) atoms. The number of thiazole rings is 1. The zero-order valence-corrected chi connectivity index (χ0v) is 14.2. The Morgan fingerprint density at radius 3 is 2.76 bits per heavy atom. The van der Waals surface area contributed by atoms with Gasteiger partial charge in [0.25, 0.3) is 0 Å². The summed E-state index contributed by atoms with van der Waals surface area (Å²) in [6.07, 6.45) is 2.19. The van der Waals surface area contributed by atoms with Gasteiger partial charge in [-0.05, 0) is 30.7 Å². The number of aliphatic hydroxyl groups excluding tert-OH is 1. The van der Waals surface area contributed by atoms with Crippen molar-refractivity contribution in [3.8, 4) is 5.75 Å². The van der Waals surface area contributed by atoms with E-state index >= 15 is 0 Å². The zero-order valence-electron chi connectivity index (χ0n) is 11.8. The monoisotopic (exact) mass is 370 g/mol. The molecular formula is C15H19BrN2O2S. The third kappa shape index (κ3) is 5.39. The summed E-state index contributed by atoms with van der Waals surface area (Å²) in [6, 6.07) is 7.75. The molecule has 0 aliphatic rings. The number of benzene rings is 1. The maximum Gasteiger partial charge on any atom is 0.119 e. The highest BCUT2D eigenvalue weighted by Crippen LogP contribution is 2.19. The second-order valence-electron chi connectivity index (χ2n) is 4.66. The largest absolute Gasteiger partial charge is 0.491 e. The first kappa shape index (κ1) is 16.4. The van der Waals surface area contributed by atoms with E-state index in [-0.39, 0.29) is 12.6 Å². The zero-order chi connectivity index (χ0) is 15.1. The van der Waals surface area contributed by atoms with E-state index in [0.29, 0.717) is 6.54 Å². The standard InChI is InChI=1S/C15H19BrN2O2S/c1-2-14(15-17-7-8-21-15)18-9-12(19)10-20-13-5-3-11(16)4-6-13/h3-8,12,14,18-19H,2,9-10H2,1H3. The summed E-state index contributed by atoms with van der Waals surface area (Å²) in [7, 11) is 0. The third-order valence-electron chi connectivity index (χ3n) is 3.01. The molecule has 2 atom stereocenters. The van der Waals surface area contributed by atoms with Crippen molar-refractivity contribution in [1.82, 2.24) is 10.3 Å². The van der Waals surface area contributed by atoms with Gasteiger partial charge in [-0.15, -0.1) is 11.3 Å². The summed E-state index contributed by atoms with van der Waals surface area (Å²) in [4.78, 5) is 4.31. The molecule has 2 unspecified atom stereocenters. The lowest BCUT2D eigenvalue weighted by molar-refractivity contribution is 0.103. The van der Waals surface area contributed by atoms with Gasteiger partial charge in [-0.1, -0.05) is 22.9 Å². The Morgan fingerprint density at radius 2 is 2.14 bits per heavy atom. The first-order valence-electron chi connectivity index (χ1n) is 6.88. The highest BCUT2D eigenvalue weighted by molar-refractivity contribution is 9.10. The first-order chi connectivity index (χ1) is 10.2. The molecule has 1 aromatic carbocycles. The van der Waals surface area contributed by atoms with Crippen molar-refractivity contribution < 1.29 is 9.84 Å². The Hall–Kier alpha value is -0.950. The average molecular weight is 371 g/mol. The normalized spacial score (nSPS) is 13.9. The lowest BCUT2D eigenvalue weighted by Crippen LogP contribution is -2.33. The number of hydrogen-bond donors (Lipinski definition) is 2. The third-order valence-corrected chi connectivity index (χ3v) is 4.43. The van der Waals surface area contributed by atoms with Crippen LogP contribution in [-0.4, -0.2) is 29.3 Å². The summed E-state index contributed by atoms with van der Waals surface area (Å²) < 4.78 is 6.56. The van der Waals surface area contributed by atoms with Crippen molar-refractivity contribution >= 4 is 27.3 Å². The van der Waals surface area contributed by atoms with Crippen molar-refractivity contribution in [3.63, 3.8) is 0 Å². The molecule has 0 saturated carbocycles. The molecule has 6 heteroatoms. The number of ether oxygens (including phenoxy) is 1. The Labute approximate surface area is 137 Å². The fourth-order valence-electron chi connectivity index (χ4n) is 1.87. The van der Waals surface area contributed by atoms with Gasteiger partial charge in [0.05, 0.1) is 6.04 Å². The van der Waals surface area contributed by atoms with E-state index in [1.165, 1.54) is 0 Å². The van der Waals surface area contributed by atoms with Crippen LogP contribution in [0.2, 0.25) is 0 Å². The van der Waals surface area contributed by atoms with Gasteiger partial charge in [-0.25, -0.2) is 4.98 Å². The number of hydrogen-bond acceptors (Lipinski definition) is 5. The Balaban J connectivity index is 1.74. The van der Waals surface area contributed by atoms with Gasteiger partial charge in [-0.3, -0.25) is 0 Å². The molecule has 1 aromatic heterocycles. The summed E-state index contributed by atoms with van der Waals surface area (Å²) in [5.74, 6) is 0.754. The molecule has 2 rings (SSSR count). The van der Waals surface area contributed by atoms with E-state index in [1.54, 1.807) is 17.5 Å². The number of halogens is 1. The van der Waals surface area contributed by atoms with Crippen LogP contribution in [0.5, 0.6) is 5.75 Å². The van der Waals surface area contributed by atoms with Crippen molar-refractivity contribution in [1.29, 1.82) is 0 Å². The van der Waals surface area contributed by atoms with Gasteiger partial charge in [0.1, 0.15) is 23.5 Å². The van der Waals surface area contributed by atoms with Crippen molar-refractivity contribution in [3.05, 3.63) is 45.3 Å². The van der Waals surface area contributed by atoms with E-state index in [4.69, 9.17) is 4.74 Å². The lowest BCUT2D eigenvalue weighted by Gasteiger charge is -2.18. The molecule has 0 saturated heterocycles. The quantitative estimate of drug-likeness (QED) is 0.747. The second-order valence-corrected chi connectivity index (χ2v) is 6.50.